The number of thiazole rings is 1. The van der Waals surface area contributed by atoms with E-state index in [1.165, 1.54) is 11.3 Å². The van der Waals surface area contributed by atoms with Gasteiger partial charge in [-0.15, -0.1) is 11.3 Å². The molecule has 0 saturated carbocycles. The summed E-state index contributed by atoms with van der Waals surface area (Å²) in [6.45, 7) is 4.14. The molecule has 0 bridgehead atoms. The topological polar surface area (TPSA) is 91.6 Å². The molecule has 2 aromatic rings. The highest BCUT2D eigenvalue weighted by atomic mass is 32.1. The number of hydrogen-bond acceptors (Lipinski definition) is 5. The second-order valence-electron chi connectivity index (χ2n) is 5.96. The zero-order valence-corrected chi connectivity index (χ0v) is 14.8. The van der Waals surface area contributed by atoms with Gasteiger partial charge in [0.2, 0.25) is 5.91 Å². The molecule has 7 nitrogen and oxygen atoms in total. The van der Waals surface area contributed by atoms with Gasteiger partial charge in [0.15, 0.2) is 5.13 Å². The van der Waals surface area contributed by atoms with Crippen LogP contribution in [-0.4, -0.2) is 52.9 Å². The Morgan fingerprint density at radius 2 is 1.88 bits per heavy atom. The van der Waals surface area contributed by atoms with Gasteiger partial charge in [-0.1, -0.05) is 30.3 Å². The lowest BCUT2D eigenvalue weighted by atomic mass is 10.0. The molecule has 0 spiro atoms. The number of nitrogens with zero attached hydrogens (tertiary/aromatic N) is 3. The van der Waals surface area contributed by atoms with Crippen LogP contribution in [0.4, 0.5) is 9.93 Å². The molecule has 8 heteroatoms. The van der Waals surface area contributed by atoms with Crippen molar-refractivity contribution in [1.29, 1.82) is 0 Å². The summed E-state index contributed by atoms with van der Waals surface area (Å²) in [6.07, 6.45) is 0. The number of hydrogen-bond donors (Lipinski definition) is 2. The lowest BCUT2D eigenvalue weighted by Crippen LogP contribution is -2.52. The normalized spacial score (nSPS) is 16.4. The van der Waals surface area contributed by atoms with Gasteiger partial charge in [-0.2, -0.15) is 0 Å². The number of primary amides is 1. The third-order valence-corrected chi connectivity index (χ3v) is 5.06. The van der Waals surface area contributed by atoms with E-state index in [0.717, 1.165) is 11.3 Å². The second-order valence-corrected chi connectivity index (χ2v) is 6.82. The number of aromatic nitrogens is 1. The number of urea groups is 1. The Morgan fingerprint density at radius 1 is 1.20 bits per heavy atom. The van der Waals surface area contributed by atoms with Crippen molar-refractivity contribution in [2.24, 2.45) is 5.73 Å². The van der Waals surface area contributed by atoms with E-state index in [1.54, 1.807) is 4.90 Å². The molecule has 1 aliphatic heterocycles. The summed E-state index contributed by atoms with van der Waals surface area (Å²) in [7, 11) is 0. The van der Waals surface area contributed by atoms with Crippen molar-refractivity contribution in [3.05, 3.63) is 47.0 Å². The first kappa shape index (κ1) is 17.4. The van der Waals surface area contributed by atoms with E-state index < -0.39 is 6.04 Å². The fourth-order valence-electron chi connectivity index (χ4n) is 2.96. The van der Waals surface area contributed by atoms with Crippen molar-refractivity contribution in [3.63, 3.8) is 0 Å². The molecular formula is C17H21N5O2S. The van der Waals surface area contributed by atoms with E-state index in [-0.39, 0.29) is 11.9 Å². The zero-order chi connectivity index (χ0) is 17.8. The van der Waals surface area contributed by atoms with Crippen molar-refractivity contribution in [2.75, 3.05) is 31.5 Å². The molecule has 1 aliphatic rings. The Morgan fingerprint density at radius 3 is 2.44 bits per heavy atom. The molecule has 0 aliphatic carbocycles. The van der Waals surface area contributed by atoms with Crippen LogP contribution in [0.3, 0.4) is 0 Å². The third kappa shape index (κ3) is 4.15. The van der Waals surface area contributed by atoms with E-state index in [4.69, 9.17) is 5.73 Å². The Hall–Kier alpha value is -2.45. The maximum atomic E-state index is 12.3. The molecule has 1 unspecified atom stereocenters. The number of piperazine rings is 1. The molecule has 3 N–H and O–H groups in total. The maximum absolute atomic E-state index is 12.3. The molecule has 3 rings (SSSR count). The lowest BCUT2D eigenvalue weighted by Gasteiger charge is -2.38. The number of nitrogens with one attached hydrogen (secondary N) is 1. The Labute approximate surface area is 150 Å². The van der Waals surface area contributed by atoms with Gasteiger partial charge in [0.25, 0.3) is 0 Å². The van der Waals surface area contributed by atoms with Crippen LogP contribution in [0.25, 0.3) is 0 Å². The minimum absolute atomic E-state index is 0.163. The number of carbonyl (C=O) groups is 2. The molecule has 3 amide bonds. The van der Waals surface area contributed by atoms with Gasteiger partial charge in [-0.05, 0) is 12.5 Å². The van der Waals surface area contributed by atoms with Crippen LogP contribution in [0.2, 0.25) is 0 Å². The van der Waals surface area contributed by atoms with Crippen molar-refractivity contribution >= 4 is 28.4 Å². The van der Waals surface area contributed by atoms with Gasteiger partial charge in [0.1, 0.15) is 6.04 Å². The minimum Gasteiger partial charge on any atom is -0.368 e. The summed E-state index contributed by atoms with van der Waals surface area (Å²) in [5.74, 6) is -0.373. The first-order valence-electron chi connectivity index (χ1n) is 8.11. The highest BCUT2D eigenvalue weighted by Gasteiger charge is 2.30. The molecule has 25 heavy (non-hydrogen) atoms. The van der Waals surface area contributed by atoms with Gasteiger partial charge < -0.3 is 10.6 Å². The molecule has 2 heterocycles. The number of aryl methyl sites for hydroxylation is 1. The van der Waals surface area contributed by atoms with Gasteiger partial charge in [0, 0.05) is 31.6 Å². The molecule has 1 saturated heterocycles. The maximum Gasteiger partial charge on any atom is 0.323 e. The van der Waals surface area contributed by atoms with Crippen LogP contribution >= 0.6 is 11.3 Å². The van der Waals surface area contributed by atoms with Gasteiger partial charge >= 0.3 is 6.03 Å². The smallest absolute Gasteiger partial charge is 0.323 e. The molecule has 1 fully saturated rings. The standard InChI is InChI=1S/C17H21N5O2S/c1-12-11-25-16(19-12)20-17(24)22-9-7-21(8-10-22)14(15(18)23)13-5-3-2-4-6-13/h2-6,11,14H,7-10H2,1H3,(H2,18,23)(H,19,20,24). The van der Waals surface area contributed by atoms with Crippen LogP contribution < -0.4 is 11.1 Å². The van der Waals surface area contributed by atoms with Crippen LogP contribution in [0.1, 0.15) is 17.3 Å². The summed E-state index contributed by atoms with van der Waals surface area (Å²) in [4.78, 5) is 32.3. The zero-order valence-electron chi connectivity index (χ0n) is 14.0. The number of carbonyl (C=O) groups excluding carboxylic acids is 2. The Bertz CT molecular complexity index is 741. The Balaban J connectivity index is 1.60. The van der Waals surface area contributed by atoms with Crippen LogP contribution in [0.5, 0.6) is 0 Å². The van der Waals surface area contributed by atoms with Crippen molar-refractivity contribution in [2.45, 2.75) is 13.0 Å². The first-order valence-corrected chi connectivity index (χ1v) is 8.99. The van der Waals surface area contributed by atoms with Gasteiger partial charge in [0.05, 0.1) is 5.69 Å². The fraction of sp³-hybridized carbons (Fsp3) is 0.353. The lowest BCUT2D eigenvalue weighted by molar-refractivity contribution is -0.124. The summed E-state index contributed by atoms with van der Waals surface area (Å²) >= 11 is 1.41. The summed E-state index contributed by atoms with van der Waals surface area (Å²) < 4.78 is 0. The van der Waals surface area contributed by atoms with Gasteiger partial charge in [-0.3, -0.25) is 15.0 Å². The van der Waals surface area contributed by atoms with Crippen molar-refractivity contribution < 1.29 is 9.59 Å². The van der Waals surface area contributed by atoms with Crippen LogP contribution in [-0.2, 0) is 4.79 Å². The van der Waals surface area contributed by atoms with E-state index in [1.807, 2.05) is 47.5 Å². The average molecular weight is 359 g/mol. The molecule has 1 atom stereocenters. The number of rotatable bonds is 4. The second kappa shape index (κ2) is 7.62. The molecular weight excluding hydrogens is 338 g/mol. The SMILES string of the molecule is Cc1csc(NC(=O)N2CCN(C(C(N)=O)c3ccccc3)CC2)n1. The highest BCUT2D eigenvalue weighted by Crippen LogP contribution is 2.22. The Kier molecular flexibility index (Phi) is 5.30. The van der Waals surface area contributed by atoms with Crippen LogP contribution in [0.15, 0.2) is 35.7 Å². The van der Waals surface area contributed by atoms with Crippen LogP contribution in [0, 0.1) is 6.92 Å². The third-order valence-electron chi connectivity index (χ3n) is 4.18. The summed E-state index contributed by atoms with van der Waals surface area (Å²) in [5, 5.41) is 5.31. The number of benzene rings is 1. The molecule has 1 aromatic heterocycles. The largest absolute Gasteiger partial charge is 0.368 e. The number of amides is 3. The van der Waals surface area contributed by atoms with E-state index in [2.05, 4.69) is 10.3 Å². The molecule has 132 valence electrons. The number of anilines is 1. The first-order chi connectivity index (χ1) is 12.0. The van der Waals surface area contributed by atoms with E-state index in [9.17, 15) is 9.59 Å². The van der Waals surface area contributed by atoms with Gasteiger partial charge in [-0.25, -0.2) is 9.78 Å². The molecule has 0 radical (unpaired) electrons. The highest BCUT2D eigenvalue weighted by molar-refractivity contribution is 7.13. The van der Waals surface area contributed by atoms with E-state index >= 15 is 0 Å². The fourth-order valence-corrected chi connectivity index (χ4v) is 3.63. The van der Waals surface area contributed by atoms with Crippen molar-refractivity contribution in [3.8, 4) is 0 Å². The average Bonchev–Trinajstić information content (AvgIpc) is 3.01. The summed E-state index contributed by atoms with van der Waals surface area (Å²) in [5.41, 5.74) is 7.39. The monoisotopic (exact) mass is 359 g/mol. The molecule has 1 aromatic carbocycles. The summed E-state index contributed by atoms with van der Waals surface area (Å²) in [6, 6.07) is 8.87. The predicted molar refractivity (Wildman–Crippen MR) is 97.4 cm³/mol. The minimum atomic E-state index is -0.465. The quantitative estimate of drug-likeness (QED) is 0.871. The van der Waals surface area contributed by atoms with Crippen molar-refractivity contribution in [1.82, 2.24) is 14.8 Å². The predicted octanol–water partition coefficient (Wildman–Crippen LogP) is 1.83. The van der Waals surface area contributed by atoms with E-state index in [0.29, 0.717) is 31.3 Å². The number of nitrogens with two attached hydrogens (primary N) is 1.